The summed E-state index contributed by atoms with van der Waals surface area (Å²) in [6, 6.07) is 3.63. The van der Waals surface area contributed by atoms with Crippen molar-refractivity contribution < 1.29 is 28.7 Å². The number of ether oxygens (including phenoxy) is 1. The van der Waals surface area contributed by atoms with Crippen LogP contribution < -0.4 is 5.32 Å². The van der Waals surface area contributed by atoms with Crippen LogP contribution in [0.5, 0.6) is 0 Å². The number of fused-ring (bicyclic) bond motifs is 1. The van der Waals surface area contributed by atoms with Crippen LogP contribution in [-0.2, 0) is 13.8 Å². The van der Waals surface area contributed by atoms with Gasteiger partial charge in [0.1, 0.15) is 24.7 Å². The fourth-order valence-electron chi connectivity index (χ4n) is 2.58. The molecule has 2 aromatic rings. The van der Waals surface area contributed by atoms with Gasteiger partial charge in [-0.3, -0.25) is 4.52 Å². The largest absolute Gasteiger partial charge is 0.471 e. The SMILES string of the molecule is O=P(O)(O)OCNc1ncnn2c(C3CCC(CO)O3)ccc12. The van der Waals surface area contributed by atoms with Gasteiger partial charge in [0.2, 0.25) is 0 Å². The fraction of sp³-hybridized carbons (Fsp3) is 0.500. The summed E-state index contributed by atoms with van der Waals surface area (Å²) in [7, 11) is -4.54. The number of nitrogens with zero attached hydrogens (tertiary/aromatic N) is 3. The zero-order chi connectivity index (χ0) is 16.4. The van der Waals surface area contributed by atoms with E-state index in [2.05, 4.69) is 19.9 Å². The Bertz CT molecular complexity index is 731. The Morgan fingerprint density at radius 3 is 2.96 bits per heavy atom. The first-order valence-corrected chi connectivity index (χ1v) is 8.54. The van der Waals surface area contributed by atoms with Crippen molar-refractivity contribution in [3.8, 4) is 0 Å². The first kappa shape index (κ1) is 16.3. The summed E-state index contributed by atoms with van der Waals surface area (Å²) in [6.45, 7) is -0.398. The van der Waals surface area contributed by atoms with E-state index in [0.29, 0.717) is 11.3 Å². The molecule has 10 nitrogen and oxygen atoms in total. The van der Waals surface area contributed by atoms with Gasteiger partial charge in [0.05, 0.1) is 18.4 Å². The number of aliphatic hydroxyl groups excluding tert-OH is 1. The molecule has 1 aliphatic rings. The maximum absolute atomic E-state index is 10.7. The molecule has 0 aromatic carbocycles. The highest BCUT2D eigenvalue weighted by Crippen LogP contribution is 2.36. The van der Waals surface area contributed by atoms with Crippen molar-refractivity contribution in [2.24, 2.45) is 0 Å². The van der Waals surface area contributed by atoms with Crippen molar-refractivity contribution in [2.45, 2.75) is 25.0 Å². The maximum atomic E-state index is 10.7. The Labute approximate surface area is 131 Å². The Kier molecular flexibility index (Phi) is 4.62. The number of phosphoric acid groups is 1. The average Bonchev–Trinajstić information content (AvgIpc) is 3.12. The van der Waals surface area contributed by atoms with Gasteiger partial charge in [0.25, 0.3) is 0 Å². The molecule has 126 valence electrons. The topological polar surface area (TPSA) is 138 Å². The van der Waals surface area contributed by atoms with Crippen LogP contribution in [0.4, 0.5) is 5.82 Å². The van der Waals surface area contributed by atoms with E-state index >= 15 is 0 Å². The molecule has 2 aromatic heterocycles. The maximum Gasteiger partial charge on any atom is 0.471 e. The third-order valence-corrected chi connectivity index (χ3v) is 4.06. The molecule has 23 heavy (non-hydrogen) atoms. The molecule has 3 rings (SSSR count). The molecule has 1 fully saturated rings. The molecule has 4 N–H and O–H groups in total. The van der Waals surface area contributed by atoms with Gasteiger partial charge in [0.15, 0.2) is 5.82 Å². The van der Waals surface area contributed by atoms with Crippen molar-refractivity contribution in [1.29, 1.82) is 0 Å². The minimum absolute atomic E-state index is 0.0126. The van der Waals surface area contributed by atoms with Gasteiger partial charge in [0, 0.05) is 0 Å². The molecule has 1 aliphatic heterocycles. The number of aromatic nitrogens is 3. The summed E-state index contributed by atoms with van der Waals surface area (Å²) in [6.07, 6.45) is 2.56. The lowest BCUT2D eigenvalue weighted by atomic mass is 10.1. The summed E-state index contributed by atoms with van der Waals surface area (Å²) in [5.74, 6) is 0.386. The highest BCUT2D eigenvalue weighted by Gasteiger charge is 2.28. The molecule has 0 spiro atoms. The minimum atomic E-state index is -4.54. The van der Waals surface area contributed by atoms with Crippen LogP contribution in [0.15, 0.2) is 18.5 Å². The summed E-state index contributed by atoms with van der Waals surface area (Å²) in [5, 5.41) is 16.0. The molecule has 2 unspecified atom stereocenters. The summed E-state index contributed by atoms with van der Waals surface area (Å²) < 4.78 is 22.4. The molecule has 3 heterocycles. The smallest absolute Gasteiger partial charge is 0.394 e. The van der Waals surface area contributed by atoms with Crippen LogP contribution in [0.2, 0.25) is 0 Å². The Morgan fingerprint density at radius 1 is 1.43 bits per heavy atom. The van der Waals surface area contributed by atoms with Crippen molar-refractivity contribution in [3.05, 3.63) is 24.2 Å². The monoisotopic (exact) mass is 344 g/mol. The van der Waals surface area contributed by atoms with Crippen molar-refractivity contribution in [3.63, 3.8) is 0 Å². The Morgan fingerprint density at radius 2 is 2.26 bits per heavy atom. The van der Waals surface area contributed by atoms with E-state index in [0.717, 1.165) is 18.5 Å². The summed E-state index contributed by atoms with van der Waals surface area (Å²) >= 11 is 0. The van der Waals surface area contributed by atoms with E-state index < -0.39 is 7.82 Å². The number of hydrogen-bond acceptors (Lipinski definition) is 7. The van der Waals surface area contributed by atoms with Gasteiger partial charge in [-0.05, 0) is 25.0 Å². The zero-order valence-corrected chi connectivity index (χ0v) is 13.0. The van der Waals surface area contributed by atoms with E-state index in [-0.39, 0.29) is 25.5 Å². The molecule has 0 saturated carbocycles. The molecule has 0 aliphatic carbocycles. The lowest BCUT2D eigenvalue weighted by molar-refractivity contribution is 0.00856. The number of phosphoric ester groups is 1. The molecule has 1 saturated heterocycles. The van der Waals surface area contributed by atoms with E-state index in [1.54, 1.807) is 10.6 Å². The number of hydrogen-bond donors (Lipinski definition) is 4. The van der Waals surface area contributed by atoms with E-state index in [1.807, 2.05) is 6.07 Å². The molecule has 0 bridgehead atoms. The number of nitrogens with one attached hydrogen (secondary N) is 1. The number of aliphatic hydroxyl groups is 1. The standard InChI is InChI=1S/C12H17N4O6P/c17-5-8-1-4-11(22-8)9-2-3-10-12(13-6-15-16(9)10)14-7-21-23(18,19)20/h2-3,6,8,11,17H,1,4-5,7H2,(H,13,14,15)(H2,18,19,20). The molecule has 0 amide bonds. The van der Waals surface area contributed by atoms with Crippen LogP contribution in [0.25, 0.3) is 5.52 Å². The van der Waals surface area contributed by atoms with Crippen LogP contribution in [-0.4, -0.2) is 48.9 Å². The lowest BCUT2D eigenvalue weighted by Crippen LogP contribution is -2.13. The van der Waals surface area contributed by atoms with Gasteiger partial charge in [-0.25, -0.2) is 14.1 Å². The minimum Gasteiger partial charge on any atom is -0.394 e. The van der Waals surface area contributed by atoms with Crippen LogP contribution in [0.3, 0.4) is 0 Å². The van der Waals surface area contributed by atoms with Gasteiger partial charge >= 0.3 is 7.82 Å². The number of anilines is 1. The van der Waals surface area contributed by atoms with Crippen LogP contribution >= 0.6 is 7.82 Å². The van der Waals surface area contributed by atoms with Gasteiger partial charge in [-0.15, -0.1) is 0 Å². The highest BCUT2D eigenvalue weighted by atomic mass is 31.2. The highest BCUT2D eigenvalue weighted by molar-refractivity contribution is 7.46. The molecule has 0 radical (unpaired) electrons. The fourth-order valence-corrected chi connectivity index (χ4v) is 2.81. The molecule has 11 heteroatoms. The first-order chi connectivity index (χ1) is 11.0. The lowest BCUT2D eigenvalue weighted by Gasteiger charge is -2.13. The average molecular weight is 344 g/mol. The van der Waals surface area contributed by atoms with Crippen molar-refractivity contribution in [2.75, 3.05) is 18.7 Å². The third kappa shape index (κ3) is 3.69. The van der Waals surface area contributed by atoms with Crippen molar-refractivity contribution in [1.82, 2.24) is 14.6 Å². The predicted molar refractivity (Wildman–Crippen MR) is 78.5 cm³/mol. The molecule has 2 atom stereocenters. The van der Waals surface area contributed by atoms with Gasteiger partial charge in [-0.2, -0.15) is 5.10 Å². The van der Waals surface area contributed by atoms with Crippen molar-refractivity contribution >= 4 is 19.2 Å². The Hall–Kier alpha value is -1.55. The second kappa shape index (κ2) is 6.52. The normalized spacial score (nSPS) is 21.9. The van der Waals surface area contributed by atoms with Gasteiger partial charge in [-0.1, -0.05) is 0 Å². The second-order valence-corrected chi connectivity index (χ2v) is 6.35. The van der Waals surface area contributed by atoms with Crippen LogP contribution in [0.1, 0.15) is 24.6 Å². The quantitative estimate of drug-likeness (QED) is 0.434. The van der Waals surface area contributed by atoms with Crippen LogP contribution in [0, 0.1) is 0 Å². The predicted octanol–water partition coefficient (Wildman–Crippen LogP) is 0.420. The Balaban J connectivity index is 1.79. The first-order valence-electron chi connectivity index (χ1n) is 7.01. The van der Waals surface area contributed by atoms with E-state index in [9.17, 15) is 4.57 Å². The van der Waals surface area contributed by atoms with Gasteiger partial charge < -0.3 is 24.9 Å². The summed E-state index contributed by atoms with van der Waals surface area (Å²) in [4.78, 5) is 21.4. The zero-order valence-electron chi connectivity index (χ0n) is 12.1. The second-order valence-electron chi connectivity index (χ2n) is 5.11. The van der Waals surface area contributed by atoms with E-state index in [4.69, 9.17) is 19.6 Å². The summed E-state index contributed by atoms with van der Waals surface area (Å²) in [5.41, 5.74) is 1.46. The third-order valence-electron chi connectivity index (χ3n) is 3.59. The van der Waals surface area contributed by atoms with E-state index in [1.165, 1.54) is 6.33 Å². The molecular formula is C12H17N4O6P. The number of rotatable bonds is 6. The molecular weight excluding hydrogens is 327 g/mol.